The number of rotatable bonds is 8. The fourth-order valence-corrected chi connectivity index (χ4v) is 1.25. The van der Waals surface area contributed by atoms with E-state index in [-0.39, 0.29) is 0 Å². The summed E-state index contributed by atoms with van der Waals surface area (Å²) in [7, 11) is -4.89. The maximum atomic E-state index is 11.3. The number of hydrogen-bond acceptors (Lipinski definition) is 6. The summed E-state index contributed by atoms with van der Waals surface area (Å²) in [5.74, 6) is -4.07. The first kappa shape index (κ1) is 17.5. The molecule has 1 amide bonds. The molecule has 0 spiro atoms. The Morgan fingerprint density at radius 3 is 2.16 bits per heavy atom. The zero-order valence-electron chi connectivity index (χ0n) is 9.42. The van der Waals surface area contributed by atoms with Gasteiger partial charge in [-0.3, -0.25) is 14.1 Å². The van der Waals surface area contributed by atoms with Gasteiger partial charge in [0.1, 0.15) is 0 Å². The molecule has 0 saturated heterocycles. The van der Waals surface area contributed by atoms with Crippen LogP contribution >= 0.6 is 7.82 Å². The number of carbonyl (C=O) groups is 3. The molecule has 0 radical (unpaired) electrons. The molecule has 0 rings (SSSR count). The van der Waals surface area contributed by atoms with Gasteiger partial charge in [0.15, 0.2) is 6.04 Å². The minimum absolute atomic E-state index is 0.725. The number of phosphoric ester groups is 1. The lowest BCUT2D eigenvalue weighted by Crippen LogP contribution is -2.50. The van der Waals surface area contributed by atoms with E-state index in [9.17, 15) is 18.9 Å². The largest absolute Gasteiger partial charge is 0.481 e. The second-order valence-corrected chi connectivity index (χ2v) is 4.63. The quantitative estimate of drug-likeness (QED) is 0.260. The summed E-state index contributed by atoms with van der Waals surface area (Å²) >= 11 is 0. The monoisotopic (exact) mass is 300 g/mol. The summed E-state index contributed by atoms with van der Waals surface area (Å²) in [5.41, 5.74) is 5.17. The van der Waals surface area contributed by atoms with Crippen LogP contribution in [0, 0.1) is 0 Å². The van der Waals surface area contributed by atoms with Gasteiger partial charge in [0.05, 0.1) is 19.1 Å². The number of nitrogens with one attached hydrogen (secondary N) is 1. The van der Waals surface area contributed by atoms with E-state index < -0.39 is 50.8 Å². The summed E-state index contributed by atoms with van der Waals surface area (Å²) in [6.07, 6.45) is -0.725. The van der Waals surface area contributed by atoms with E-state index in [4.69, 9.17) is 25.7 Å². The van der Waals surface area contributed by atoms with E-state index in [1.54, 1.807) is 5.32 Å². The van der Waals surface area contributed by atoms with E-state index in [2.05, 4.69) is 4.52 Å². The fourth-order valence-electron chi connectivity index (χ4n) is 0.906. The highest BCUT2D eigenvalue weighted by Gasteiger charge is 2.27. The molecule has 0 aliphatic carbocycles. The van der Waals surface area contributed by atoms with Gasteiger partial charge in [-0.2, -0.15) is 0 Å². The molecule has 0 unspecified atom stereocenters. The first-order chi connectivity index (χ1) is 8.53. The first-order valence-corrected chi connectivity index (χ1v) is 6.26. The first-order valence-electron chi connectivity index (χ1n) is 4.73. The topological polar surface area (TPSA) is 196 Å². The molecule has 19 heavy (non-hydrogen) atoms. The molecular weight excluding hydrogens is 287 g/mol. The third-order valence-corrected chi connectivity index (χ3v) is 2.24. The lowest BCUT2D eigenvalue weighted by Gasteiger charge is -2.17. The number of carboxylic acid groups (broad SMARTS) is 2. The predicted molar refractivity (Wildman–Crippen MR) is 57.8 cm³/mol. The van der Waals surface area contributed by atoms with Gasteiger partial charge in [-0.1, -0.05) is 0 Å². The van der Waals surface area contributed by atoms with Crippen LogP contribution in [0.4, 0.5) is 0 Å². The van der Waals surface area contributed by atoms with Gasteiger partial charge < -0.3 is 31.1 Å². The molecule has 0 heterocycles. The van der Waals surface area contributed by atoms with Crippen LogP contribution in [-0.2, 0) is 23.5 Å². The number of phosphoric acid groups is 1. The van der Waals surface area contributed by atoms with Crippen molar-refractivity contribution in [2.24, 2.45) is 5.73 Å². The molecule has 0 aliphatic rings. The van der Waals surface area contributed by atoms with Crippen molar-refractivity contribution in [1.82, 2.24) is 5.32 Å². The number of nitrogens with two attached hydrogens (primary N) is 1. The number of hydrogen-bond donors (Lipinski definition) is 6. The Kier molecular flexibility index (Phi) is 6.59. The second-order valence-electron chi connectivity index (χ2n) is 3.39. The summed E-state index contributed by atoms with van der Waals surface area (Å²) < 4.78 is 14.3. The van der Waals surface area contributed by atoms with Crippen molar-refractivity contribution in [2.75, 3.05) is 6.61 Å². The van der Waals surface area contributed by atoms with E-state index in [0.29, 0.717) is 0 Å². The fraction of sp³-hybridized carbons (Fsp3) is 0.571. The van der Waals surface area contributed by atoms with Gasteiger partial charge in [-0.25, -0.2) is 9.36 Å². The Balaban J connectivity index is 4.50. The predicted octanol–water partition coefficient (Wildman–Crippen LogP) is -2.53. The van der Waals surface area contributed by atoms with Crippen molar-refractivity contribution in [3.63, 3.8) is 0 Å². The maximum Gasteiger partial charge on any atom is 0.469 e. The van der Waals surface area contributed by atoms with E-state index in [0.717, 1.165) is 0 Å². The molecule has 0 bridgehead atoms. The van der Waals surface area contributed by atoms with Gasteiger partial charge in [0, 0.05) is 0 Å². The van der Waals surface area contributed by atoms with Gasteiger partial charge in [-0.05, 0) is 0 Å². The Morgan fingerprint density at radius 2 is 1.79 bits per heavy atom. The molecule has 0 saturated carbocycles. The van der Waals surface area contributed by atoms with Gasteiger partial charge >= 0.3 is 19.8 Å². The molecule has 110 valence electrons. The Morgan fingerprint density at radius 1 is 1.26 bits per heavy atom. The average Bonchev–Trinajstić information content (AvgIpc) is 2.20. The summed E-state index contributed by atoms with van der Waals surface area (Å²) in [4.78, 5) is 49.1. The zero-order chi connectivity index (χ0) is 15.2. The Bertz CT molecular complexity index is 405. The molecule has 0 aromatic carbocycles. The summed E-state index contributed by atoms with van der Waals surface area (Å²) in [6.45, 7) is -0.995. The van der Waals surface area contributed by atoms with Crippen molar-refractivity contribution in [1.29, 1.82) is 0 Å². The SMILES string of the molecule is N[C@@H](CC(=O)O)C(=O)N[C@@H](COP(=O)(O)O)C(=O)O. The van der Waals surface area contributed by atoms with Crippen molar-refractivity contribution in [3.05, 3.63) is 0 Å². The van der Waals surface area contributed by atoms with E-state index >= 15 is 0 Å². The Labute approximate surface area is 106 Å². The highest BCUT2D eigenvalue weighted by Crippen LogP contribution is 2.35. The molecule has 0 aromatic rings. The standard InChI is InChI=1S/C7H13N2O9P/c8-3(1-5(10)11)6(12)9-4(7(13)14)2-18-19(15,16)17/h3-4H,1-2,8H2,(H,9,12)(H,10,11)(H,13,14)(H2,15,16,17)/t3-,4-/m0/s1. The van der Waals surface area contributed by atoms with Crippen molar-refractivity contribution in [2.45, 2.75) is 18.5 Å². The van der Waals surface area contributed by atoms with Crippen LogP contribution in [0.1, 0.15) is 6.42 Å². The van der Waals surface area contributed by atoms with E-state index in [1.807, 2.05) is 0 Å². The molecule has 0 fully saturated rings. The van der Waals surface area contributed by atoms with Crippen molar-refractivity contribution >= 4 is 25.7 Å². The number of aliphatic carboxylic acids is 2. The lowest BCUT2D eigenvalue weighted by molar-refractivity contribution is -0.143. The number of carbonyl (C=O) groups excluding carboxylic acids is 1. The van der Waals surface area contributed by atoms with Gasteiger partial charge in [0.25, 0.3) is 0 Å². The molecule has 12 heteroatoms. The van der Waals surface area contributed by atoms with Gasteiger partial charge in [-0.15, -0.1) is 0 Å². The maximum absolute atomic E-state index is 11.3. The highest BCUT2D eigenvalue weighted by atomic mass is 31.2. The lowest BCUT2D eigenvalue weighted by atomic mass is 10.2. The third-order valence-electron chi connectivity index (χ3n) is 1.76. The molecular formula is C7H13N2O9P. The third kappa shape index (κ3) is 8.24. The van der Waals surface area contributed by atoms with Crippen molar-refractivity contribution < 1.29 is 43.5 Å². The minimum Gasteiger partial charge on any atom is -0.481 e. The van der Waals surface area contributed by atoms with Gasteiger partial charge in [0.2, 0.25) is 5.91 Å². The smallest absolute Gasteiger partial charge is 0.469 e. The summed E-state index contributed by atoms with van der Waals surface area (Å²) in [6, 6.07) is -3.26. The van der Waals surface area contributed by atoms with Crippen LogP contribution in [0.5, 0.6) is 0 Å². The molecule has 0 aliphatic heterocycles. The second kappa shape index (κ2) is 7.16. The normalized spacial score (nSPS) is 14.5. The van der Waals surface area contributed by atoms with Crippen LogP contribution in [0.15, 0.2) is 0 Å². The molecule has 2 atom stereocenters. The van der Waals surface area contributed by atoms with Crippen LogP contribution in [0.3, 0.4) is 0 Å². The number of amides is 1. The van der Waals surface area contributed by atoms with Crippen LogP contribution in [0.2, 0.25) is 0 Å². The molecule has 0 aromatic heterocycles. The van der Waals surface area contributed by atoms with Crippen LogP contribution in [-0.4, -0.2) is 56.5 Å². The van der Waals surface area contributed by atoms with Crippen molar-refractivity contribution in [3.8, 4) is 0 Å². The summed E-state index contributed by atoms with van der Waals surface area (Å²) in [5, 5.41) is 18.9. The van der Waals surface area contributed by atoms with E-state index in [1.165, 1.54) is 0 Å². The molecule has 7 N–H and O–H groups in total. The minimum atomic E-state index is -4.89. The average molecular weight is 300 g/mol. The van der Waals surface area contributed by atoms with Crippen LogP contribution < -0.4 is 11.1 Å². The molecule has 11 nitrogen and oxygen atoms in total. The highest BCUT2D eigenvalue weighted by molar-refractivity contribution is 7.46. The van der Waals surface area contributed by atoms with Crippen LogP contribution in [0.25, 0.3) is 0 Å². The zero-order valence-corrected chi connectivity index (χ0v) is 10.3. The number of carboxylic acids is 2. The Hall–Kier alpha value is -1.52.